The van der Waals surface area contributed by atoms with E-state index in [0.717, 1.165) is 11.0 Å². The lowest BCUT2D eigenvalue weighted by Gasteiger charge is -2.11. The smallest absolute Gasteiger partial charge is 0.241 e. The van der Waals surface area contributed by atoms with Crippen molar-refractivity contribution in [3.63, 3.8) is 0 Å². The van der Waals surface area contributed by atoms with E-state index in [1.807, 2.05) is 35.8 Å². The minimum Gasteiger partial charge on any atom is -0.493 e. The number of hydrogen-bond donors (Lipinski definition) is 1. The highest BCUT2D eigenvalue weighted by Gasteiger charge is 2.18. The normalized spacial score (nSPS) is 11.7. The fourth-order valence-electron chi connectivity index (χ4n) is 2.84. The third kappa shape index (κ3) is 3.38. The predicted molar refractivity (Wildman–Crippen MR) is 99.0 cm³/mol. The van der Waals surface area contributed by atoms with Crippen LogP contribution in [0, 0.1) is 0 Å². The molecule has 0 unspecified atom stereocenters. The van der Waals surface area contributed by atoms with Crippen molar-refractivity contribution >= 4 is 21.1 Å². The van der Waals surface area contributed by atoms with E-state index in [4.69, 9.17) is 9.47 Å². The predicted octanol–water partition coefficient (Wildman–Crippen LogP) is 2.55. The monoisotopic (exact) mass is 375 g/mol. The Balaban J connectivity index is 1.87. The molecule has 0 saturated carbocycles. The standard InChI is InChI=1S/C18H21N3O4S/c1-4-21-15-8-6-5-7-14(15)20-18(21)12-19-26(22,23)13-9-10-16(24-2)17(11-13)25-3/h5-11,19H,4,12H2,1-3H3. The Bertz CT molecular complexity index is 1030. The van der Waals surface area contributed by atoms with Crippen LogP contribution in [-0.4, -0.2) is 32.2 Å². The van der Waals surface area contributed by atoms with Crippen molar-refractivity contribution < 1.29 is 17.9 Å². The SMILES string of the molecule is CCn1c(CNS(=O)(=O)c2ccc(OC)c(OC)c2)nc2ccccc21. The number of benzene rings is 2. The summed E-state index contributed by atoms with van der Waals surface area (Å²) in [6, 6.07) is 12.2. The molecule has 0 atom stereocenters. The molecule has 1 N–H and O–H groups in total. The van der Waals surface area contributed by atoms with Gasteiger partial charge in [-0.25, -0.2) is 18.1 Å². The first kappa shape index (κ1) is 18.2. The lowest BCUT2D eigenvalue weighted by molar-refractivity contribution is 0.354. The summed E-state index contributed by atoms with van der Waals surface area (Å²) in [4.78, 5) is 4.64. The number of para-hydroxylation sites is 2. The summed E-state index contributed by atoms with van der Waals surface area (Å²) in [5.74, 6) is 1.49. The molecule has 0 bridgehead atoms. The summed E-state index contributed by atoms with van der Waals surface area (Å²) in [6.07, 6.45) is 0. The van der Waals surface area contributed by atoms with Crippen LogP contribution in [0.25, 0.3) is 11.0 Å². The molecule has 1 heterocycles. The average Bonchev–Trinajstić information content (AvgIpc) is 3.03. The first-order chi connectivity index (χ1) is 12.5. The highest BCUT2D eigenvalue weighted by molar-refractivity contribution is 7.89. The van der Waals surface area contributed by atoms with Crippen molar-refractivity contribution in [1.82, 2.24) is 14.3 Å². The number of ether oxygens (including phenoxy) is 2. The molecule has 0 fully saturated rings. The van der Waals surface area contributed by atoms with Crippen molar-refractivity contribution in [1.29, 1.82) is 0 Å². The highest BCUT2D eigenvalue weighted by atomic mass is 32.2. The van der Waals surface area contributed by atoms with Gasteiger partial charge in [-0.1, -0.05) is 12.1 Å². The van der Waals surface area contributed by atoms with E-state index in [9.17, 15) is 8.42 Å². The molecule has 2 aromatic carbocycles. The number of aryl methyl sites for hydroxylation is 1. The van der Waals surface area contributed by atoms with E-state index in [1.54, 1.807) is 6.07 Å². The number of rotatable bonds is 7. The van der Waals surface area contributed by atoms with Crippen LogP contribution in [0.15, 0.2) is 47.4 Å². The average molecular weight is 375 g/mol. The zero-order valence-corrected chi connectivity index (χ0v) is 15.7. The molecule has 8 heteroatoms. The Morgan fingerprint density at radius 2 is 1.81 bits per heavy atom. The second-order valence-corrected chi connectivity index (χ2v) is 7.37. The molecule has 138 valence electrons. The van der Waals surface area contributed by atoms with E-state index < -0.39 is 10.0 Å². The van der Waals surface area contributed by atoms with Crippen LogP contribution in [-0.2, 0) is 23.1 Å². The van der Waals surface area contributed by atoms with Crippen LogP contribution >= 0.6 is 0 Å². The maximum absolute atomic E-state index is 12.6. The van der Waals surface area contributed by atoms with E-state index in [0.29, 0.717) is 23.9 Å². The number of imidazole rings is 1. The number of nitrogens with zero attached hydrogens (tertiary/aromatic N) is 2. The summed E-state index contributed by atoms with van der Waals surface area (Å²) in [7, 11) is -0.754. The topological polar surface area (TPSA) is 82.5 Å². The molecule has 3 rings (SSSR count). The summed E-state index contributed by atoms with van der Waals surface area (Å²) in [6.45, 7) is 2.80. The summed E-state index contributed by atoms with van der Waals surface area (Å²) >= 11 is 0. The third-order valence-electron chi connectivity index (χ3n) is 4.14. The second-order valence-electron chi connectivity index (χ2n) is 5.60. The molecule has 1 aromatic heterocycles. The van der Waals surface area contributed by atoms with Gasteiger partial charge in [0.2, 0.25) is 10.0 Å². The van der Waals surface area contributed by atoms with Gasteiger partial charge < -0.3 is 14.0 Å². The quantitative estimate of drug-likeness (QED) is 0.686. The number of nitrogens with one attached hydrogen (secondary N) is 1. The lowest BCUT2D eigenvalue weighted by Crippen LogP contribution is -2.25. The molecular formula is C18H21N3O4S. The first-order valence-electron chi connectivity index (χ1n) is 8.16. The van der Waals surface area contributed by atoms with Gasteiger partial charge in [0.05, 0.1) is 36.7 Å². The maximum atomic E-state index is 12.6. The summed E-state index contributed by atoms with van der Waals surface area (Å²) < 4.78 is 40.2. The summed E-state index contributed by atoms with van der Waals surface area (Å²) in [5, 5.41) is 0. The van der Waals surface area contributed by atoms with Crippen LogP contribution in [0.3, 0.4) is 0 Å². The molecule has 0 amide bonds. The highest BCUT2D eigenvalue weighted by Crippen LogP contribution is 2.29. The Morgan fingerprint density at radius 3 is 2.50 bits per heavy atom. The van der Waals surface area contributed by atoms with Crippen LogP contribution in [0.2, 0.25) is 0 Å². The molecular weight excluding hydrogens is 354 g/mol. The largest absolute Gasteiger partial charge is 0.493 e. The van der Waals surface area contributed by atoms with Crippen molar-refractivity contribution in [2.45, 2.75) is 24.9 Å². The number of methoxy groups -OCH3 is 2. The molecule has 0 aliphatic rings. The lowest BCUT2D eigenvalue weighted by atomic mass is 10.3. The third-order valence-corrected chi connectivity index (χ3v) is 5.53. The van der Waals surface area contributed by atoms with E-state index in [2.05, 4.69) is 9.71 Å². The summed E-state index contributed by atoms with van der Waals surface area (Å²) in [5.41, 5.74) is 1.82. The van der Waals surface area contributed by atoms with Crippen molar-refractivity contribution in [3.8, 4) is 11.5 Å². The number of sulfonamides is 1. The van der Waals surface area contributed by atoms with Gasteiger partial charge in [0, 0.05) is 12.6 Å². The van der Waals surface area contributed by atoms with Gasteiger partial charge in [0.15, 0.2) is 11.5 Å². The Morgan fingerprint density at radius 1 is 1.08 bits per heavy atom. The molecule has 0 saturated heterocycles. The van der Waals surface area contributed by atoms with Gasteiger partial charge >= 0.3 is 0 Å². The van der Waals surface area contributed by atoms with Gasteiger partial charge in [-0.2, -0.15) is 0 Å². The molecule has 0 radical (unpaired) electrons. The van der Waals surface area contributed by atoms with E-state index in [-0.39, 0.29) is 11.4 Å². The zero-order chi connectivity index (χ0) is 18.7. The maximum Gasteiger partial charge on any atom is 0.241 e. The minimum absolute atomic E-state index is 0.0964. The number of fused-ring (bicyclic) bond motifs is 1. The van der Waals surface area contributed by atoms with Gasteiger partial charge in [0.1, 0.15) is 5.82 Å². The van der Waals surface area contributed by atoms with Gasteiger partial charge in [-0.3, -0.25) is 0 Å². The van der Waals surface area contributed by atoms with Gasteiger partial charge in [-0.15, -0.1) is 0 Å². The van der Waals surface area contributed by atoms with Crippen LogP contribution in [0.4, 0.5) is 0 Å². The van der Waals surface area contributed by atoms with Gasteiger partial charge in [-0.05, 0) is 31.2 Å². The number of hydrogen-bond acceptors (Lipinski definition) is 5. The minimum atomic E-state index is -3.72. The van der Waals surface area contributed by atoms with Crippen molar-refractivity contribution in [2.75, 3.05) is 14.2 Å². The molecule has 3 aromatic rings. The first-order valence-corrected chi connectivity index (χ1v) is 9.64. The molecule has 0 spiro atoms. The fraction of sp³-hybridized carbons (Fsp3) is 0.278. The Kier molecular flexibility index (Phi) is 5.15. The van der Waals surface area contributed by atoms with Gasteiger partial charge in [0.25, 0.3) is 0 Å². The second kappa shape index (κ2) is 7.35. The van der Waals surface area contributed by atoms with Crippen LogP contribution in [0.1, 0.15) is 12.7 Å². The van der Waals surface area contributed by atoms with Crippen LogP contribution in [0.5, 0.6) is 11.5 Å². The van der Waals surface area contributed by atoms with E-state index in [1.165, 1.54) is 26.4 Å². The fourth-order valence-corrected chi connectivity index (χ4v) is 3.83. The van der Waals surface area contributed by atoms with Crippen LogP contribution < -0.4 is 14.2 Å². The molecule has 0 aliphatic carbocycles. The molecule has 0 aliphatic heterocycles. The zero-order valence-electron chi connectivity index (χ0n) is 14.9. The molecule has 7 nitrogen and oxygen atoms in total. The van der Waals surface area contributed by atoms with Crippen molar-refractivity contribution in [3.05, 3.63) is 48.3 Å². The Hall–Kier alpha value is -2.58. The van der Waals surface area contributed by atoms with Crippen molar-refractivity contribution in [2.24, 2.45) is 0 Å². The molecule has 26 heavy (non-hydrogen) atoms. The van der Waals surface area contributed by atoms with E-state index >= 15 is 0 Å². The number of aromatic nitrogens is 2. The Labute approximate surface area is 152 Å².